The standard InChI is InChI=1S/C32H39N7O2/c1-5-39-23-27(30(36-39)26-7-6-14-33-22-26)28-12-15-34-29(35-28)21-25-10-8-24(9-11-25)13-16-37-17-19-38(20-18-37)31(40)41-32(2,3)4/h6-12,14-15,22-23H,5,13,16-21H2,1-4H3. The normalized spacial score (nSPS) is 14.3. The molecule has 4 aromatic rings. The first kappa shape index (κ1) is 28.4. The van der Waals surface area contributed by atoms with E-state index in [4.69, 9.17) is 14.8 Å². The molecule has 3 aromatic heterocycles. The minimum Gasteiger partial charge on any atom is -0.444 e. The summed E-state index contributed by atoms with van der Waals surface area (Å²) in [5.41, 5.74) is 5.69. The van der Waals surface area contributed by atoms with E-state index in [0.717, 1.165) is 60.9 Å². The van der Waals surface area contributed by atoms with Crippen LogP contribution in [-0.4, -0.2) is 79.0 Å². The number of pyridine rings is 1. The molecule has 0 spiro atoms. The Balaban J connectivity index is 1.17. The predicted molar refractivity (Wildman–Crippen MR) is 159 cm³/mol. The van der Waals surface area contributed by atoms with E-state index in [1.54, 1.807) is 6.20 Å². The quantitative estimate of drug-likeness (QED) is 0.300. The highest BCUT2D eigenvalue weighted by Gasteiger charge is 2.25. The molecule has 0 bridgehead atoms. The van der Waals surface area contributed by atoms with Crippen molar-refractivity contribution < 1.29 is 9.53 Å². The summed E-state index contributed by atoms with van der Waals surface area (Å²) in [5, 5.41) is 4.76. The van der Waals surface area contributed by atoms with Gasteiger partial charge in [0.1, 0.15) is 17.1 Å². The lowest BCUT2D eigenvalue weighted by molar-refractivity contribution is 0.0146. The average Bonchev–Trinajstić information content (AvgIpc) is 3.42. The first-order valence-corrected chi connectivity index (χ1v) is 14.4. The Hall–Kier alpha value is -4.11. The van der Waals surface area contributed by atoms with Crippen molar-refractivity contribution in [3.63, 3.8) is 0 Å². The van der Waals surface area contributed by atoms with Crippen molar-refractivity contribution in [2.45, 2.75) is 52.7 Å². The van der Waals surface area contributed by atoms with Gasteiger partial charge in [-0.05, 0) is 63.4 Å². The van der Waals surface area contributed by atoms with Crippen molar-refractivity contribution in [2.24, 2.45) is 0 Å². The minimum absolute atomic E-state index is 0.216. The third-order valence-electron chi connectivity index (χ3n) is 7.13. The summed E-state index contributed by atoms with van der Waals surface area (Å²) < 4.78 is 7.44. The number of aromatic nitrogens is 5. The van der Waals surface area contributed by atoms with E-state index in [9.17, 15) is 4.79 Å². The second-order valence-electron chi connectivity index (χ2n) is 11.4. The third-order valence-corrected chi connectivity index (χ3v) is 7.13. The van der Waals surface area contributed by atoms with Gasteiger partial charge in [-0.25, -0.2) is 14.8 Å². The lowest BCUT2D eigenvalue weighted by Crippen LogP contribution is -2.50. The number of carbonyl (C=O) groups is 1. The zero-order valence-electron chi connectivity index (χ0n) is 24.5. The number of hydrogen-bond donors (Lipinski definition) is 0. The van der Waals surface area contributed by atoms with Crippen LogP contribution in [-0.2, 0) is 24.1 Å². The van der Waals surface area contributed by atoms with E-state index >= 15 is 0 Å². The Kier molecular flexibility index (Phi) is 8.73. The van der Waals surface area contributed by atoms with Crippen LogP contribution < -0.4 is 0 Å². The maximum absolute atomic E-state index is 12.3. The molecule has 0 aliphatic carbocycles. The molecule has 1 aliphatic rings. The van der Waals surface area contributed by atoms with Crippen molar-refractivity contribution in [1.82, 2.24) is 34.5 Å². The highest BCUT2D eigenvalue weighted by molar-refractivity contribution is 5.78. The second-order valence-corrected chi connectivity index (χ2v) is 11.4. The molecule has 4 heterocycles. The fraction of sp³-hybridized carbons (Fsp3) is 0.406. The average molecular weight is 554 g/mol. The monoisotopic (exact) mass is 553 g/mol. The number of carbonyl (C=O) groups excluding carboxylic acids is 1. The van der Waals surface area contributed by atoms with E-state index < -0.39 is 5.60 Å². The van der Waals surface area contributed by atoms with Crippen LogP contribution in [0.25, 0.3) is 22.5 Å². The van der Waals surface area contributed by atoms with E-state index in [0.29, 0.717) is 19.5 Å². The van der Waals surface area contributed by atoms with Crippen molar-refractivity contribution >= 4 is 6.09 Å². The van der Waals surface area contributed by atoms with Gasteiger partial charge in [-0.15, -0.1) is 0 Å². The van der Waals surface area contributed by atoms with Crippen LogP contribution in [0.5, 0.6) is 0 Å². The number of nitrogens with zero attached hydrogens (tertiary/aromatic N) is 7. The van der Waals surface area contributed by atoms with Gasteiger partial charge in [0.2, 0.25) is 0 Å². The first-order valence-electron chi connectivity index (χ1n) is 14.4. The van der Waals surface area contributed by atoms with Gasteiger partial charge in [-0.1, -0.05) is 24.3 Å². The van der Waals surface area contributed by atoms with Gasteiger partial charge in [0, 0.05) is 81.6 Å². The molecule has 1 aromatic carbocycles. The minimum atomic E-state index is -0.460. The van der Waals surface area contributed by atoms with Crippen molar-refractivity contribution in [3.05, 3.63) is 84.2 Å². The molecule has 41 heavy (non-hydrogen) atoms. The first-order chi connectivity index (χ1) is 19.8. The van der Waals surface area contributed by atoms with Gasteiger partial charge in [-0.2, -0.15) is 5.10 Å². The zero-order chi connectivity index (χ0) is 28.8. The van der Waals surface area contributed by atoms with E-state index in [1.165, 1.54) is 11.1 Å². The van der Waals surface area contributed by atoms with Crippen molar-refractivity contribution in [2.75, 3.05) is 32.7 Å². The number of ether oxygens (including phenoxy) is 1. The van der Waals surface area contributed by atoms with Gasteiger partial charge < -0.3 is 9.64 Å². The summed E-state index contributed by atoms with van der Waals surface area (Å²) in [5.74, 6) is 0.777. The van der Waals surface area contributed by atoms with Gasteiger partial charge in [-0.3, -0.25) is 14.6 Å². The Bertz CT molecular complexity index is 1440. The van der Waals surface area contributed by atoms with Crippen LogP contribution in [0.2, 0.25) is 0 Å². The van der Waals surface area contributed by atoms with Crippen LogP contribution >= 0.6 is 0 Å². The number of benzene rings is 1. The highest BCUT2D eigenvalue weighted by atomic mass is 16.6. The summed E-state index contributed by atoms with van der Waals surface area (Å²) in [4.78, 5) is 30.3. The maximum Gasteiger partial charge on any atom is 0.410 e. The molecule has 0 N–H and O–H groups in total. The Labute approximate surface area is 242 Å². The third kappa shape index (κ3) is 7.55. The van der Waals surface area contributed by atoms with Crippen LogP contribution in [0.3, 0.4) is 0 Å². The number of piperazine rings is 1. The van der Waals surface area contributed by atoms with Crippen LogP contribution in [0.4, 0.5) is 4.79 Å². The molecule has 1 amide bonds. The van der Waals surface area contributed by atoms with Gasteiger partial charge in [0.15, 0.2) is 0 Å². The molecule has 9 heteroatoms. The lowest BCUT2D eigenvalue weighted by Gasteiger charge is -2.35. The number of aryl methyl sites for hydroxylation is 1. The van der Waals surface area contributed by atoms with Gasteiger partial charge >= 0.3 is 6.09 Å². The smallest absolute Gasteiger partial charge is 0.410 e. The van der Waals surface area contributed by atoms with E-state index in [-0.39, 0.29) is 6.09 Å². The Morgan fingerprint density at radius 2 is 1.73 bits per heavy atom. The predicted octanol–water partition coefficient (Wildman–Crippen LogP) is 5.11. The van der Waals surface area contributed by atoms with Gasteiger partial charge in [0.25, 0.3) is 0 Å². The summed E-state index contributed by atoms with van der Waals surface area (Å²) in [6.07, 6.45) is 8.88. The summed E-state index contributed by atoms with van der Waals surface area (Å²) in [6.45, 7) is 12.7. The van der Waals surface area contributed by atoms with Crippen LogP contribution in [0.1, 0.15) is 44.6 Å². The molecule has 214 valence electrons. The fourth-order valence-electron chi connectivity index (χ4n) is 4.90. The van der Waals surface area contributed by atoms with E-state index in [1.807, 2.05) is 67.1 Å². The molecule has 1 aliphatic heterocycles. The second kappa shape index (κ2) is 12.6. The largest absolute Gasteiger partial charge is 0.444 e. The Morgan fingerprint density at radius 1 is 0.976 bits per heavy atom. The molecule has 1 saturated heterocycles. The topological polar surface area (TPSA) is 89.3 Å². The number of amides is 1. The maximum atomic E-state index is 12.3. The molecule has 1 fully saturated rings. The highest BCUT2D eigenvalue weighted by Crippen LogP contribution is 2.29. The zero-order valence-corrected chi connectivity index (χ0v) is 24.5. The summed E-state index contributed by atoms with van der Waals surface area (Å²) in [6, 6.07) is 14.6. The molecule has 0 radical (unpaired) electrons. The van der Waals surface area contributed by atoms with Crippen LogP contribution in [0.15, 0.2) is 67.3 Å². The van der Waals surface area contributed by atoms with Crippen molar-refractivity contribution in [1.29, 1.82) is 0 Å². The molecular formula is C32H39N7O2. The molecule has 0 unspecified atom stereocenters. The summed E-state index contributed by atoms with van der Waals surface area (Å²) >= 11 is 0. The van der Waals surface area contributed by atoms with Gasteiger partial charge in [0.05, 0.1) is 5.69 Å². The molecule has 0 saturated carbocycles. The lowest BCUT2D eigenvalue weighted by atomic mass is 10.1. The van der Waals surface area contributed by atoms with Crippen molar-refractivity contribution in [3.8, 4) is 22.5 Å². The molecule has 9 nitrogen and oxygen atoms in total. The summed E-state index contributed by atoms with van der Waals surface area (Å²) in [7, 11) is 0. The number of hydrogen-bond acceptors (Lipinski definition) is 7. The van der Waals surface area contributed by atoms with Crippen LogP contribution in [0, 0.1) is 0 Å². The Morgan fingerprint density at radius 3 is 2.41 bits per heavy atom. The SMILES string of the molecule is CCn1cc(-c2ccnc(Cc3ccc(CCN4CCN(C(=O)OC(C)(C)C)CC4)cc3)n2)c(-c2cccnc2)n1. The number of rotatable bonds is 8. The molecular weight excluding hydrogens is 514 g/mol. The fourth-order valence-corrected chi connectivity index (χ4v) is 4.90. The molecule has 5 rings (SSSR count). The van der Waals surface area contributed by atoms with E-state index in [2.05, 4.69) is 46.1 Å². The molecule has 0 atom stereocenters.